The molecule has 1 aliphatic heterocycles. The summed E-state index contributed by atoms with van der Waals surface area (Å²) in [5.74, 6) is 0.184. The molecule has 0 spiro atoms. The van der Waals surface area contributed by atoms with Gasteiger partial charge in [0.25, 0.3) is 0 Å². The molecule has 0 bridgehead atoms. The zero-order valence-corrected chi connectivity index (χ0v) is 14.9. The third kappa shape index (κ3) is 4.25. The van der Waals surface area contributed by atoms with Crippen LogP contribution in [0.4, 0.5) is 5.69 Å². The van der Waals surface area contributed by atoms with E-state index in [2.05, 4.69) is 12.2 Å². The molecule has 128 valence electrons. The van der Waals surface area contributed by atoms with Crippen molar-refractivity contribution in [1.82, 2.24) is 4.90 Å². The maximum atomic E-state index is 12.6. The van der Waals surface area contributed by atoms with Crippen LogP contribution in [-0.4, -0.2) is 43.6 Å². The Balaban J connectivity index is 2.02. The summed E-state index contributed by atoms with van der Waals surface area (Å²) in [6, 6.07) is 6.56. The van der Waals surface area contributed by atoms with Crippen LogP contribution in [0.1, 0.15) is 40.0 Å². The van der Waals surface area contributed by atoms with Gasteiger partial charge in [0.1, 0.15) is 6.04 Å². The minimum Gasteiger partial charge on any atom is -0.374 e. The highest BCUT2D eigenvalue weighted by atomic mass is 32.2. The van der Waals surface area contributed by atoms with E-state index in [1.165, 1.54) is 6.42 Å². The summed E-state index contributed by atoms with van der Waals surface area (Å²) in [4.78, 5) is 14.8. The molecule has 0 aliphatic carbocycles. The molecule has 1 heterocycles. The van der Waals surface area contributed by atoms with Gasteiger partial charge in [0.2, 0.25) is 5.91 Å². The highest BCUT2D eigenvalue weighted by Crippen LogP contribution is 2.20. The molecule has 23 heavy (non-hydrogen) atoms. The predicted octanol–water partition coefficient (Wildman–Crippen LogP) is 2.68. The van der Waals surface area contributed by atoms with E-state index in [9.17, 15) is 13.2 Å². The van der Waals surface area contributed by atoms with Crippen molar-refractivity contribution < 1.29 is 13.2 Å². The largest absolute Gasteiger partial charge is 0.374 e. The SMILES string of the molecule is CCS(=O)(=O)c1ccc(N[C@@H](C)C(=O)N2CCCC[C@@H]2C)cc1. The number of benzene rings is 1. The first-order valence-electron chi connectivity index (χ1n) is 8.25. The second-order valence-corrected chi connectivity index (χ2v) is 8.45. The molecular weight excluding hydrogens is 312 g/mol. The third-order valence-corrected chi connectivity index (χ3v) is 6.18. The van der Waals surface area contributed by atoms with Crippen LogP contribution in [0.3, 0.4) is 0 Å². The molecule has 0 aromatic heterocycles. The number of likely N-dealkylation sites (tertiary alicyclic amines) is 1. The van der Waals surface area contributed by atoms with Crippen LogP contribution in [0.25, 0.3) is 0 Å². The lowest BCUT2D eigenvalue weighted by Gasteiger charge is -2.35. The molecule has 1 N–H and O–H groups in total. The topological polar surface area (TPSA) is 66.5 Å². The smallest absolute Gasteiger partial charge is 0.245 e. The Morgan fingerprint density at radius 2 is 1.96 bits per heavy atom. The minimum atomic E-state index is -3.19. The Kier molecular flexibility index (Phi) is 5.68. The lowest BCUT2D eigenvalue weighted by atomic mass is 10.0. The van der Waals surface area contributed by atoms with Gasteiger partial charge in [0.15, 0.2) is 9.84 Å². The van der Waals surface area contributed by atoms with E-state index in [1.54, 1.807) is 31.2 Å². The van der Waals surface area contributed by atoms with Gasteiger partial charge in [-0.25, -0.2) is 8.42 Å². The highest BCUT2D eigenvalue weighted by molar-refractivity contribution is 7.91. The Morgan fingerprint density at radius 3 is 2.52 bits per heavy atom. The van der Waals surface area contributed by atoms with Crippen molar-refractivity contribution in [2.45, 2.75) is 57.0 Å². The van der Waals surface area contributed by atoms with E-state index >= 15 is 0 Å². The van der Waals surface area contributed by atoms with Crippen molar-refractivity contribution in [2.24, 2.45) is 0 Å². The average molecular weight is 338 g/mol. The quantitative estimate of drug-likeness (QED) is 0.896. The van der Waals surface area contributed by atoms with E-state index in [4.69, 9.17) is 0 Å². The van der Waals surface area contributed by atoms with E-state index in [0.29, 0.717) is 4.90 Å². The van der Waals surface area contributed by atoms with Gasteiger partial charge >= 0.3 is 0 Å². The van der Waals surface area contributed by atoms with Gasteiger partial charge in [-0.1, -0.05) is 6.92 Å². The molecule has 1 fully saturated rings. The molecule has 2 atom stereocenters. The first-order valence-corrected chi connectivity index (χ1v) is 9.90. The fourth-order valence-corrected chi connectivity index (χ4v) is 3.80. The molecule has 2 rings (SSSR count). The summed E-state index contributed by atoms with van der Waals surface area (Å²) >= 11 is 0. The normalized spacial score (nSPS) is 20.1. The van der Waals surface area contributed by atoms with Crippen molar-refractivity contribution in [3.63, 3.8) is 0 Å². The number of piperidine rings is 1. The van der Waals surface area contributed by atoms with Gasteiger partial charge in [-0.15, -0.1) is 0 Å². The molecule has 0 radical (unpaired) electrons. The number of hydrogen-bond donors (Lipinski definition) is 1. The number of nitrogens with one attached hydrogen (secondary N) is 1. The first-order chi connectivity index (χ1) is 10.8. The summed E-state index contributed by atoms with van der Waals surface area (Å²) in [5, 5.41) is 3.17. The summed E-state index contributed by atoms with van der Waals surface area (Å²) in [6.07, 6.45) is 3.30. The standard InChI is InChI=1S/C17H26N2O3S/c1-4-23(21,22)16-10-8-15(9-11-16)18-14(3)17(20)19-12-6-5-7-13(19)2/h8-11,13-14,18H,4-7,12H2,1-3H3/t13-,14-/m0/s1. The number of anilines is 1. The van der Waals surface area contributed by atoms with Crippen molar-refractivity contribution in [3.8, 4) is 0 Å². The summed E-state index contributed by atoms with van der Waals surface area (Å²) in [5.41, 5.74) is 0.755. The summed E-state index contributed by atoms with van der Waals surface area (Å²) in [7, 11) is -3.19. The van der Waals surface area contributed by atoms with Crippen molar-refractivity contribution in [2.75, 3.05) is 17.6 Å². The van der Waals surface area contributed by atoms with Gasteiger partial charge in [0.05, 0.1) is 10.6 Å². The number of carbonyl (C=O) groups excluding carboxylic acids is 1. The van der Waals surface area contributed by atoms with Gasteiger partial charge < -0.3 is 10.2 Å². The first kappa shape index (κ1) is 17.8. The monoisotopic (exact) mass is 338 g/mol. The number of sulfone groups is 1. The molecule has 5 nitrogen and oxygen atoms in total. The van der Waals surface area contributed by atoms with Crippen molar-refractivity contribution in [1.29, 1.82) is 0 Å². The number of hydrogen-bond acceptors (Lipinski definition) is 4. The third-order valence-electron chi connectivity index (χ3n) is 4.43. The lowest BCUT2D eigenvalue weighted by molar-refractivity contribution is -0.134. The molecule has 1 saturated heterocycles. The molecule has 1 aliphatic rings. The zero-order valence-electron chi connectivity index (χ0n) is 14.1. The van der Waals surface area contributed by atoms with Crippen LogP contribution < -0.4 is 5.32 Å². The van der Waals surface area contributed by atoms with E-state index in [-0.39, 0.29) is 23.7 Å². The maximum absolute atomic E-state index is 12.6. The molecule has 1 amide bonds. The second kappa shape index (κ2) is 7.34. The van der Waals surface area contributed by atoms with E-state index < -0.39 is 9.84 Å². The van der Waals surface area contributed by atoms with Crippen molar-refractivity contribution >= 4 is 21.4 Å². The molecule has 0 saturated carbocycles. The predicted molar refractivity (Wildman–Crippen MR) is 92.3 cm³/mol. The zero-order chi connectivity index (χ0) is 17.0. The fraction of sp³-hybridized carbons (Fsp3) is 0.588. The molecule has 1 aromatic carbocycles. The Labute approximate surface area is 139 Å². The maximum Gasteiger partial charge on any atom is 0.245 e. The number of nitrogens with zero attached hydrogens (tertiary/aromatic N) is 1. The number of amides is 1. The van der Waals surface area contributed by atoms with E-state index in [0.717, 1.165) is 25.1 Å². The van der Waals surface area contributed by atoms with Gasteiger partial charge in [-0.3, -0.25) is 4.79 Å². The minimum absolute atomic E-state index is 0.0848. The average Bonchev–Trinajstić information content (AvgIpc) is 2.55. The lowest BCUT2D eigenvalue weighted by Crippen LogP contribution is -2.48. The second-order valence-electron chi connectivity index (χ2n) is 6.17. The Hall–Kier alpha value is -1.56. The fourth-order valence-electron chi connectivity index (χ4n) is 2.91. The number of carbonyl (C=O) groups is 1. The van der Waals surface area contributed by atoms with Gasteiger partial charge in [-0.2, -0.15) is 0 Å². The van der Waals surface area contributed by atoms with Crippen LogP contribution in [0.2, 0.25) is 0 Å². The van der Waals surface area contributed by atoms with Crippen LogP contribution >= 0.6 is 0 Å². The van der Waals surface area contributed by atoms with Crippen LogP contribution in [-0.2, 0) is 14.6 Å². The molecular formula is C17H26N2O3S. The Bertz CT molecular complexity index is 640. The van der Waals surface area contributed by atoms with Gasteiger partial charge in [0, 0.05) is 18.3 Å². The summed E-state index contributed by atoms with van der Waals surface area (Å²) in [6.45, 7) is 6.39. The highest BCUT2D eigenvalue weighted by Gasteiger charge is 2.26. The molecule has 6 heteroatoms. The van der Waals surface area contributed by atoms with Crippen LogP contribution in [0.15, 0.2) is 29.2 Å². The summed E-state index contributed by atoms with van der Waals surface area (Å²) < 4.78 is 23.6. The van der Waals surface area contributed by atoms with Crippen molar-refractivity contribution in [3.05, 3.63) is 24.3 Å². The van der Waals surface area contributed by atoms with E-state index in [1.807, 2.05) is 11.8 Å². The molecule has 1 aromatic rings. The van der Waals surface area contributed by atoms with Crippen LogP contribution in [0.5, 0.6) is 0 Å². The molecule has 0 unspecified atom stereocenters. The van der Waals surface area contributed by atoms with Crippen LogP contribution in [0, 0.1) is 0 Å². The van der Waals surface area contributed by atoms with Gasteiger partial charge in [-0.05, 0) is 57.4 Å². The number of rotatable bonds is 5. The Morgan fingerprint density at radius 1 is 1.30 bits per heavy atom.